The molecule has 7 nitrogen and oxygen atoms in total. The van der Waals surface area contributed by atoms with Crippen molar-refractivity contribution in [3.05, 3.63) is 51.7 Å². The highest BCUT2D eigenvalue weighted by molar-refractivity contribution is 7.20. The zero-order valence-corrected chi connectivity index (χ0v) is 19.6. The van der Waals surface area contributed by atoms with Crippen molar-refractivity contribution in [1.29, 1.82) is 0 Å². The van der Waals surface area contributed by atoms with E-state index in [0.717, 1.165) is 22.1 Å². The molecule has 1 amide bonds. The lowest BCUT2D eigenvalue weighted by molar-refractivity contribution is 0.0654. The maximum Gasteiger partial charge on any atom is 0.264 e. The smallest absolute Gasteiger partial charge is 0.264 e. The summed E-state index contributed by atoms with van der Waals surface area (Å²) in [6, 6.07) is 7.71. The molecular weight excluding hydrogens is 426 g/mol. The van der Waals surface area contributed by atoms with Crippen LogP contribution in [0.1, 0.15) is 49.8 Å². The van der Waals surface area contributed by atoms with E-state index in [0.29, 0.717) is 47.3 Å². The summed E-state index contributed by atoms with van der Waals surface area (Å²) in [4.78, 5) is 38.3. The van der Waals surface area contributed by atoms with Gasteiger partial charge in [-0.3, -0.25) is 9.59 Å². The molecule has 4 rings (SSSR count). The molecule has 3 aromatic rings. The van der Waals surface area contributed by atoms with Gasteiger partial charge in [0, 0.05) is 31.7 Å². The Hall–Kier alpha value is -2.84. The van der Waals surface area contributed by atoms with E-state index in [4.69, 9.17) is 9.47 Å². The van der Waals surface area contributed by atoms with E-state index in [2.05, 4.69) is 9.97 Å². The van der Waals surface area contributed by atoms with E-state index in [1.807, 2.05) is 43.0 Å². The van der Waals surface area contributed by atoms with Crippen LogP contribution in [-0.4, -0.2) is 53.9 Å². The first-order valence-electron chi connectivity index (χ1n) is 10.7. The number of hydrogen-bond donors (Lipinski definition) is 0. The lowest BCUT2D eigenvalue weighted by atomic mass is 9.88. The van der Waals surface area contributed by atoms with Gasteiger partial charge in [0.05, 0.1) is 17.4 Å². The third-order valence-electron chi connectivity index (χ3n) is 5.95. The number of nitrogens with zero attached hydrogens (tertiary/aromatic N) is 3. The Kier molecular flexibility index (Phi) is 6.53. The minimum Gasteiger partial charge on any atom is -0.480 e. The average molecular weight is 454 g/mol. The first-order chi connectivity index (χ1) is 15.4. The fourth-order valence-corrected chi connectivity index (χ4v) is 5.29. The van der Waals surface area contributed by atoms with Crippen LogP contribution >= 0.6 is 11.3 Å². The summed E-state index contributed by atoms with van der Waals surface area (Å²) >= 11 is 1.36. The van der Waals surface area contributed by atoms with Crippen LogP contribution in [0.4, 0.5) is 0 Å². The SMILES string of the molecule is COCc1nc(OC)c2c(C)c(C(=O)N3CCC(C(=O)c4ccc(C)cc4)CC3)sc2n1. The summed E-state index contributed by atoms with van der Waals surface area (Å²) in [5.41, 5.74) is 2.71. The first-order valence-corrected chi connectivity index (χ1v) is 11.5. The number of carbonyl (C=O) groups excluding carboxylic acids is 2. The molecule has 1 aliphatic heterocycles. The standard InChI is InChI=1S/C24H27N3O4S/c1-14-5-7-16(8-6-14)20(28)17-9-11-27(12-10-17)24(29)21-15(2)19-22(31-4)25-18(13-30-3)26-23(19)32-21/h5-8,17H,9-13H2,1-4H3. The van der Waals surface area contributed by atoms with E-state index in [9.17, 15) is 9.59 Å². The highest BCUT2D eigenvalue weighted by Crippen LogP contribution is 2.36. The number of hydrogen-bond acceptors (Lipinski definition) is 7. The second-order valence-electron chi connectivity index (χ2n) is 8.12. The van der Waals surface area contributed by atoms with E-state index in [-0.39, 0.29) is 24.2 Å². The fourth-order valence-electron chi connectivity index (χ4n) is 4.13. The molecule has 1 saturated heterocycles. The molecule has 3 heterocycles. The Bertz CT molecular complexity index is 1150. The second kappa shape index (κ2) is 9.34. The van der Waals surface area contributed by atoms with Gasteiger partial charge in [0.15, 0.2) is 11.6 Å². The van der Waals surface area contributed by atoms with Crippen molar-refractivity contribution in [2.45, 2.75) is 33.3 Å². The number of aryl methyl sites for hydroxylation is 2. The summed E-state index contributed by atoms with van der Waals surface area (Å²) in [5, 5.41) is 0.769. The zero-order valence-electron chi connectivity index (χ0n) is 18.8. The number of fused-ring (bicyclic) bond motifs is 1. The molecule has 1 fully saturated rings. The Morgan fingerprint density at radius 2 is 1.78 bits per heavy atom. The monoisotopic (exact) mass is 453 g/mol. The van der Waals surface area contributed by atoms with Crippen molar-refractivity contribution in [3.63, 3.8) is 0 Å². The molecule has 0 spiro atoms. The van der Waals surface area contributed by atoms with Crippen LogP contribution in [-0.2, 0) is 11.3 Å². The number of likely N-dealkylation sites (tertiary alicyclic amines) is 1. The Morgan fingerprint density at radius 3 is 2.41 bits per heavy atom. The fraction of sp³-hybridized carbons (Fsp3) is 0.417. The van der Waals surface area contributed by atoms with Crippen LogP contribution in [0.3, 0.4) is 0 Å². The first kappa shape index (κ1) is 22.4. The number of Topliss-reactive ketones (excluding diaryl/α,β-unsaturated/α-hetero) is 1. The summed E-state index contributed by atoms with van der Waals surface area (Å²) in [6.07, 6.45) is 1.34. The summed E-state index contributed by atoms with van der Waals surface area (Å²) in [6.45, 7) is 5.31. The average Bonchev–Trinajstić information content (AvgIpc) is 3.14. The topological polar surface area (TPSA) is 81.6 Å². The van der Waals surface area contributed by atoms with Gasteiger partial charge in [-0.15, -0.1) is 11.3 Å². The molecule has 0 radical (unpaired) electrons. The van der Waals surface area contributed by atoms with Crippen LogP contribution in [0.15, 0.2) is 24.3 Å². The van der Waals surface area contributed by atoms with Gasteiger partial charge in [-0.2, -0.15) is 4.98 Å². The Labute approximate surface area is 191 Å². The summed E-state index contributed by atoms with van der Waals surface area (Å²) < 4.78 is 10.6. The van der Waals surface area contributed by atoms with Crippen molar-refractivity contribution < 1.29 is 19.1 Å². The predicted molar refractivity (Wildman–Crippen MR) is 124 cm³/mol. The zero-order chi connectivity index (χ0) is 22.8. The van der Waals surface area contributed by atoms with Crippen molar-refractivity contribution in [1.82, 2.24) is 14.9 Å². The number of piperidine rings is 1. The summed E-state index contributed by atoms with van der Waals surface area (Å²) in [5.74, 6) is 1.07. The summed E-state index contributed by atoms with van der Waals surface area (Å²) in [7, 11) is 3.15. The van der Waals surface area contributed by atoms with Crippen molar-refractivity contribution in [2.75, 3.05) is 27.3 Å². The van der Waals surface area contributed by atoms with Gasteiger partial charge in [-0.25, -0.2) is 4.98 Å². The molecular formula is C24H27N3O4S. The van der Waals surface area contributed by atoms with Gasteiger partial charge in [-0.1, -0.05) is 29.8 Å². The van der Waals surface area contributed by atoms with E-state index in [1.165, 1.54) is 11.3 Å². The van der Waals surface area contributed by atoms with Crippen molar-refractivity contribution in [2.24, 2.45) is 5.92 Å². The van der Waals surface area contributed by atoms with Crippen molar-refractivity contribution >= 4 is 33.2 Å². The lowest BCUT2D eigenvalue weighted by Gasteiger charge is -2.31. The minimum atomic E-state index is -0.0483. The molecule has 0 bridgehead atoms. The van der Waals surface area contributed by atoms with Gasteiger partial charge in [0.25, 0.3) is 5.91 Å². The highest BCUT2D eigenvalue weighted by atomic mass is 32.1. The van der Waals surface area contributed by atoms with Gasteiger partial charge < -0.3 is 14.4 Å². The maximum atomic E-state index is 13.3. The number of thiophene rings is 1. The molecule has 8 heteroatoms. The molecule has 1 aromatic carbocycles. The van der Waals surface area contributed by atoms with Crippen molar-refractivity contribution in [3.8, 4) is 5.88 Å². The molecule has 32 heavy (non-hydrogen) atoms. The molecule has 1 aliphatic rings. The molecule has 0 unspecified atom stereocenters. The molecule has 0 atom stereocenters. The number of rotatable bonds is 6. The highest BCUT2D eigenvalue weighted by Gasteiger charge is 2.30. The number of aromatic nitrogens is 2. The van der Waals surface area contributed by atoms with Gasteiger partial charge >= 0.3 is 0 Å². The van der Waals surface area contributed by atoms with E-state index in [1.54, 1.807) is 14.2 Å². The van der Waals surface area contributed by atoms with Crippen LogP contribution < -0.4 is 4.74 Å². The lowest BCUT2D eigenvalue weighted by Crippen LogP contribution is -2.40. The predicted octanol–water partition coefficient (Wildman–Crippen LogP) is 4.20. The van der Waals surface area contributed by atoms with Gasteiger partial charge in [0.2, 0.25) is 5.88 Å². The Balaban J connectivity index is 1.51. The van der Waals surface area contributed by atoms with Crippen LogP contribution in [0.2, 0.25) is 0 Å². The third-order valence-corrected chi connectivity index (χ3v) is 7.13. The number of amides is 1. The number of methoxy groups -OCH3 is 2. The van der Waals surface area contributed by atoms with Crippen LogP contribution in [0, 0.1) is 19.8 Å². The molecule has 168 valence electrons. The minimum absolute atomic E-state index is 0.0259. The molecule has 0 saturated carbocycles. The normalized spacial score (nSPS) is 14.7. The molecule has 2 aromatic heterocycles. The number of carbonyl (C=O) groups is 2. The van der Waals surface area contributed by atoms with Crippen LogP contribution in [0.5, 0.6) is 5.88 Å². The number of ketones is 1. The van der Waals surface area contributed by atoms with Crippen LogP contribution in [0.25, 0.3) is 10.2 Å². The van der Waals surface area contributed by atoms with Gasteiger partial charge in [0.1, 0.15) is 11.4 Å². The Morgan fingerprint density at radius 1 is 1.09 bits per heavy atom. The molecule has 0 N–H and O–H groups in total. The largest absolute Gasteiger partial charge is 0.480 e. The molecule has 0 aliphatic carbocycles. The third kappa shape index (κ3) is 4.25. The maximum absolute atomic E-state index is 13.3. The van der Waals surface area contributed by atoms with E-state index < -0.39 is 0 Å². The van der Waals surface area contributed by atoms with Gasteiger partial charge in [-0.05, 0) is 32.3 Å². The second-order valence-corrected chi connectivity index (χ2v) is 9.11. The number of ether oxygens (including phenoxy) is 2. The quantitative estimate of drug-likeness (QED) is 0.521. The number of benzene rings is 1. The van der Waals surface area contributed by atoms with E-state index >= 15 is 0 Å².